The van der Waals surface area contributed by atoms with Crippen molar-refractivity contribution in [3.05, 3.63) is 36.5 Å². The summed E-state index contributed by atoms with van der Waals surface area (Å²) in [4.78, 5) is 58.6. The Morgan fingerprint density at radius 3 is 2.25 bits per heavy atom. The molecule has 0 bridgehead atoms. The molecule has 51 heavy (non-hydrogen) atoms. The third-order valence-electron chi connectivity index (χ3n) is 11.4. The molecule has 2 fully saturated rings. The monoisotopic (exact) mass is 714 g/mol. The van der Waals surface area contributed by atoms with Crippen LogP contribution in [0.15, 0.2) is 36.5 Å². The van der Waals surface area contributed by atoms with Gasteiger partial charge < -0.3 is 35.2 Å². The number of amides is 4. The van der Waals surface area contributed by atoms with Crippen LogP contribution < -0.4 is 16.0 Å². The van der Waals surface area contributed by atoms with Gasteiger partial charge in [-0.05, 0) is 69.7 Å². The number of methoxy groups -OCH3 is 2. The largest absolute Gasteiger partial charge is 0.379 e. The molecule has 288 valence electrons. The van der Waals surface area contributed by atoms with Gasteiger partial charge in [-0.1, -0.05) is 77.5 Å². The Labute approximate surface area is 307 Å². The molecule has 3 aliphatic rings. The van der Waals surface area contributed by atoms with Crippen molar-refractivity contribution < 1.29 is 28.7 Å². The van der Waals surface area contributed by atoms with Crippen molar-refractivity contribution in [1.29, 1.82) is 0 Å². The first kappa shape index (κ1) is 42.4. The summed E-state index contributed by atoms with van der Waals surface area (Å²) in [5.74, 6) is -0.860. The van der Waals surface area contributed by atoms with Gasteiger partial charge in [-0.2, -0.15) is 0 Å². The third-order valence-corrected chi connectivity index (χ3v) is 11.4. The molecule has 2 heterocycles. The predicted molar refractivity (Wildman–Crippen MR) is 202 cm³/mol. The zero-order valence-corrected chi connectivity index (χ0v) is 32.8. The summed E-state index contributed by atoms with van der Waals surface area (Å²) < 4.78 is 12.0. The van der Waals surface area contributed by atoms with Crippen LogP contribution in [0.2, 0.25) is 0 Å². The van der Waals surface area contributed by atoms with E-state index >= 15 is 0 Å². The van der Waals surface area contributed by atoms with E-state index in [1.165, 1.54) is 0 Å². The minimum atomic E-state index is -0.724. The van der Waals surface area contributed by atoms with Crippen molar-refractivity contribution >= 4 is 23.6 Å². The molecule has 0 spiro atoms. The van der Waals surface area contributed by atoms with Crippen LogP contribution in [0.25, 0.3) is 0 Å². The van der Waals surface area contributed by atoms with Crippen LogP contribution >= 0.6 is 0 Å². The number of ether oxygens (including phenoxy) is 2. The molecule has 0 aromatic heterocycles. The highest BCUT2D eigenvalue weighted by Crippen LogP contribution is 2.30. The summed E-state index contributed by atoms with van der Waals surface area (Å²) in [5.41, 5.74) is -0.714. The smallest absolute Gasteiger partial charge is 0.245 e. The number of hydrogen-bond donors (Lipinski definition) is 3. The van der Waals surface area contributed by atoms with E-state index in [4.69, 9.17) is 9.47 Å². The number of likely N-dealkylation sites (tertiary alicyclic amines) is 1. The summed E-state index contributed by atoms with van der Waals surface area (Å²) >= 11 is 0. The Bertz CT molecular complexity index is 1230. The third kappa shape index (κ3) is 11.2. The minimum Gasteiger partial charge on any atom is -0.379 e. The van der Waals surface area contributed by atoms with E-state index in [-0.39, 0.29) is 53.8 Å². The maximum absolute atomic E-state index is 14.2. The highest BCUT2D eigenvalue weighted by molar-refractivity contribution is 5.92. The number of rotatable bonds is 18. The minimum absolute atomic E-state index is 0.0165. The number of carbonyl (C=O) groups is 4. The molecule has 3 N–H and O–H groups in total. The molecular weight excluding hydrogens is 646 g/mol. The van der Waals surface area contributed by atoms with Crippen molar-refractivity contribution in [2.75, 3.05) is 40.9 Å². The summed E-state index contributed by atoms with van der Waals surface area (Å²) in [6, 6.07) is -1.38. The topological polar surface area (TPSA) is 129 Å². The summed E-state index contributed by atoms with van der Waals surface area (Å²) in [5, 5.41) is 9.50. The van der Waals surface area contributed by atoms with E-state index in [9.17, 15) is 19.2 Å². The zero-order valence-electron chi connectivity index (χ0n) is 32.8. The lowest BCUT2D eigenvalue weighted by Gasteiger charge is -2.41. The standard InChI is InChI=1S/C40H67N5O6/c1-10-28(4)35(44(7)38(48)34(27(2)3)43-39(49)40(6)22-15-16-23-42-40)32(50-8)26-33(46)45-25-17-20-31(45)36(51-9)29(5)37(47)41-24-21-30-18-13-11-12-14-19-30/h11-14,18-19,27-32,34-36,42H,10,15-17,20-26H2,1-9H3,(H,41,47)(H,43,49)/t28-,29+,31-,32+,34-,35-,36+,40+/m0/s1. The lowest BCUT2D eigenvalue weighted by atomic mass is 9.88. The normalized spacial score (nSPS) is 24.4. The SMILES string of the molecule is CC[C@H](C)[C@@H]([C@@H](CC(=O)N1CCC[C@H]1[C@H](OC)[C@@H](C)C(=O)NCCC1C=CC=CC=C1)OC)N(C)C(=O)[C@@H](NC(=O)[C@@]1(C)CCCCN1)C(C)C. The Kier molecular flexibility index (Phi) is 16.9. The maximum Gasteiger partial charge on any atom is 0.245 e. The second kappa shape index (κ2) is 20.3. The number of nitrogens with zero attached hydrogens (tertiary/aromatic N) is 2. The van der Waals surface area contributed by atoms with Crippen molar-refractivity contribution in [2.45, 2.75) is 129 Å². The van der Waals surface area contributed by atoms with Gasteiger partial charge in [0.1, 0.15) is 6.04 Å². The van der Waals surface area contributed by atoms with Gasteiger partial charge in [-0.15, -0.1) is 0 Å². The molecule has 3 rings (SSSR count). The van der Waals surface area contributed by atoms with Crippen LogP contribution in [0.5, 0.6) is 0 Å². The van der Waals surface area contributed by atoms with Gasteiger partial charge in [0.15, 0.2) is 0 Å². The fraction of sp³-hybridized carbons (Fsp3) is 0.750. The van der Waals surface area contributed by atoms with E-state index in [0.717, 1.165) is 51.5 Å². The fourth-order valence-electron chi connectivity index (χ4n) is 7.91. The van der Waals surface area contributed by atoms with Crippen molar-refractivity contribution in [2.24, 2.45) is 23.7 Å². The van der Waals surface area contributed by atoms with Crippen molar-refractivity contribution in [1.82, 2.24) is 25.8 Å². The first-order valence-electron chi connectivity index (χ1n) is 19.3. The van der Waals surface area contributed by atoms with Gasteiger partial charge in [0.2, 0.25) is 23.6 Å². The zero-order chi connectivity index (χ0) is 37.7. The lowest BCUT2D eigenvalue weighted by molar-refractivity contribution is -0.148. The Balaban J connectivity index is 1.70. The van der Waals surface area contributed by atoms with Gasteiger partial charge in [-0.25, -0.2) is 0 Å². The molecule has 11 heteroatoms. The first-order chi connectivity index (χ1) is 24.3. The second-order valence-electron chi connectivity index (χ2n) is 15.4. The number of piperidine rings is 1. The van der Waals surface area contributed by atoms with Crippen LogP contribution in [0.1, 0.15) is 92.9 Å². The Morgan fingerprint density at radius 1 is 1.00 bits per heavy atom. The molecule has 1 aliphatic carbocycles. The molecule has 4 amide bonds. The molecule has 0 unspecified atom stereocenters. The van der Waals surface area contributed by atoms with Crippen LogP contribution in [-0.4, -0.2) is 110 Å². The molecule has 2 aliphatic heterocycles. The second-order valence-corrected chi connectivity index (χ2v) is 15.4. The van der Waals surface area contributed by atoms with Gasteiger partial charge in [0, 0.05) is 34.4 Å². The van der Waals surface area contributed by atoms with Gasteiger partial charge >= 0.3 is 0 Å². The van der Waals surface area contributed by atoms with Gasteiger partial charge in [0.05, 0.1) is 42.2 Å². The van der Waals surface area contributed by atoms with E-state index < -0.39 is 35.7 Å². The fourth-order valence-corrected chi connectivity index (χ4v) is 7.91. The Morgan fingerprint density at radius 2 is 1.69 bits per heavy atom. The van der Waals surface area contributed by atoms with E-state index in [1.807, 2.05) is 56.9 Å². The highest BCUT2D eigenvalue weighted by atomic mass is 16.5. The Hall–Kier alpha value is -3.02. The van der Waals surface area contributed by atoms with Gasteiger partial charge in [0.25, 0.3) is 0 Å². The molecule has 0 saturated carbocycles. The lowest BCUT2D eigenvalue weighted by Crippen LogP contribution is -2.63. The van der Waals surface area contributed by atoms with E-state index in [2.05, 4.69) is 41.9 Å². The molecule has 0 aromatic carbocycles. The maximum atomic E-state index is 14.2. The molecule has 2 saturated heterocycles. The summed E-state index contributed by atoms with van der Waals surface area (Å²) in [6.07, 6.45) is 17.1. The van der Waals surface area contributed by atoms with Crippen LogP contribution in [0.4, 0.5) is 0 Å². The molecule has 0 aromatic rings. The van der Waals surface area contributed by atoms with Gasteiger partial charge in [-0.3, -0.25) is 19.2 Å². The summed E-state index contributed by atoms with van der Waals surface area (Å²) in [7, 11) is 4.96. The van der Waals surface area contributed by atoms with Crippen molar-refractivity contribution in [3.63, 3.8) is 0 Å². The summed E-state index contributed by atoms with van der Waals surface area (Å²) in [6.45, 7) is 13.7. The number of carbonyl (C=O) groups excluding carboxylic acids is 4. The number of likely N-dealkylation sites (N-methyl/N-ethyl adjacent to an activating group) is 1. The number of nitrogens with one attached hydrogen (secondary N) is 3. The van der Waals surface area contributed by atoms with E-state index in [1.54, 1.807) is 26.2 Å². The average molecular weight is 714 g/mol. The molecular formula is C40H67N5O6. The molecule has 8 atom stereocenters. The number of allylic oxidation sites excluding steroid dienone is 6. The quantitative estimate of drug-likeness (QED) is 0.192. The molecule has 11 nitrogen and oxygen atoms in total. The number of hydrogen-bond acceptors (Lipinski definition) is 7. The highest BCUT2D eigenvalue weighted by Gasteiger charge is 2.43. The first-order valence-corrected chi connectivity index (χ1v) is 19.3. The van der Waals surface area contributed by atoms with Crippen LogP contribution in [0.3, 0.4) is 0 Å². The van der Waals surface area contributed by atoms with Crippen LogP contribution in [0, 0.1) is 23.7 Å². The van der Waals surface area contributed by atoms with E-state index in [0.29, 0.717) is 13.1 Å². The predicted octanol–water partition coefficient (Wildman–Crippen LogP) is 4.38. The average Bonchev–Trinajstić information content (AvgIpc) is 3.45. The van der Waals surface area contributed by atoms with Crippen LogP contribution in [-0.2, 0) is 28.7 Å². The molecule has 0 radical (unpaired) electrons. The van der Waals surface area contributed by atoms with Crippen molar-refractivity contribution in [3.8, 4) is 0 Å².